The van der Waals surface area contributed by atoms with Crippen LogP contribution in [0.1, 0.15) is 44.1 Å². The highest BCUT2D eigenvalue weighted by Crippen LogP contribution is 2.81. The summed E-state index contributed by atoms with van der Waals surface area (Å²) in [6.07, 6.45) is 2.23. The van der Waals surface area contributed by atoms with Crippen LogP contribution in [0.15, 0.2) is 12.1 Å². The number of anilines is 1. The van der Waals surface area contributed by atoms with Gasteiger partial charge in [-0.15, -0.1) is 0 Å². The summed E-state index contributed by atoms with van der Waals surface area (Å²) in [5, 5.41) is 23.7. The SMILES string of the molecule is COC(=O)N1c2c(ccc(OC)c2OC)[C@@]23CCN4CCC[C@@]5(CC[C@@]12[C@](O)(C(=O)OC)C5)[C@]43C#N. The van der Waals surface area contributed by atoms with Gasteiger partial charge in [-0.25, -0.2) is 9.59 Å². The number of benzene rings is 1. The maximum Gasteiger partial charge on any atom is 0.414 e. The number of fused-ring (bicyclic) bond motifs is 3. The lowest BCUT2D eigenvalue weighted by atomic mass is 9.32. The zero-order valence-electron chi connectivity index (χ0n) is 21.0. The molecule has 1 N–H and O–H groups in total. The van der Waals surface area contributed by atoms with Gasteiger partial charge in [0.05, 0.1) is 45.6 Å². The molecule has 3 aliphatic carbocycles. The van der Waals surface area contributed by atoms with E-state index >= 15 is 0 Å². The van der Waals surface area contributed by atoms with E-state index in [0.29, 0.717) is 55.0 Å². The minimum atomic E-state index is -2.07. The Kier molecular flexibility index (Phi) is 4.57. The highest BCUT2D eigenvalue weighted by atomic mass is 16.6. The molecule has 3 saturated carbocycles. The van der Waals surface area contributed by atoms with Crippen molar-refractivity contribution in [2.45, 2.75) is 60.6 Å². The van der Waals surface area contributed by atoms with Crippen LogP contribution in [-0.2, 0) is 19.7 Å². The monoisotopic (exact) mass is 497 g/mol. The first-order valence-corrected chi connectivity index (χ1v) is 12.4. The molecule has 5 fully saturated rings. The van der Waals surface area contributed by atoms with Crippen LogP contribution in [0.5, 0.6) is 11.5 Å². The molecule has 3 spiro atoms. The van der Waals surface area contributed by atoms with Crippen LogP contribution in [0.2, 0.25) is 0 Å². The first-order valence-electron chi connectivity index (χ1n) is 12.4. The van der Waals surface area contributed by atoms with Crippen molar-refractivity contribution in [2.75, 3.05) is 46.4 Å². The Labute approximate surface area is 209 Å². The minimum absolute atomic E-state index is 0.0272. The van der Waals surface area contributed by atoms with Crippen LogP contribution in [0.4, 0.5) is 10.5 Å². The van der Waals surface area contributed by atoms with Crippen molar-refractivity contribution in [3.05, 3.63) is 17.7 Å². The quantitative estimate of drug-likeness (QED) is 0.626. The zero-order valence-corrected chi connectivity index (χ0v) is 21.0. The molecular weight excluding hydrogens is 466 g/mol. The molecule has 2 saturated heterocycles. The average molecular weight is 498 g/mol. The number of nitrogens with zero attached hydrogens (tertiary/aromatic N) is 3. The van der Waals surface area contributed by atoms with Crippen LogP contribution < -0.4 is 14.4 Å². The molecule has 7 rings (SSSR count). The summed E-state index contributed by atoms with van der Waals surface area (Å²) in [7, 11) is 5.51. The van der Waals surface area contributed by atoms with Gasteiger partial charge in [-0.1, -0.05) is 6.07 Å². The molecule has 3 heterocycles. The van der Waals surface area contributed by atoms with Crippen LogP contribution in [0.3, 0.4) is 0 Å². The molecule has 6 aliphatic rings. The van der Waals surface area contributed by atoms with Gasteiger partial charge in [0.25, 0.3) is 0 Å². The Morgan fingerprint density at radius 2 is 1.81 bits per heavy atom. The standard InChI is InChI=1S/C26H31N3O7/c1-33-17-7-6-16-18(19(17)34-2)29(21(31)36-4)25-10-9-22(14-24(25,32)20(30)35-3)8-5-12-28-13-11-23(16,25)26(22,28)15-27/h6-7,32H,5,8-14H2,1-4H3/t22-,23-,24+,25+,26-/m0/s1. The summed E-state index contributed by atoms with van der Waals surface area (Å²) < 4.78 is 21.9. The molecule has 1 aromatic carbocycles. The van der Waals surface area contributed by atoms with Gasteiger partial charge in [0.1, 0.15) is 11.1 Å². The van der Waals surface area contributed by atoms with E-state index in [1.165, 1.54) is 33.3 Å². The number of rotatable bonds is 3. The van der Waals surface area contributed by atoms with Crippen LogP contribution in [0.25, 0.3) is 0 Å². The van der Waals surface area contributed by atoms with Gasteiger partial charge < -0.3 is 24.1 Å². The fraction of sp³-hybridized carbons (Fsp3) is 0.654. The number of esters is 1. The van der Waals surface area contributed by atoms with E-state index in [4.69, 9.17) is 18.9 Å². The van der Waals surface area contributed by atoms with E-state index in [1.807, 2.05) is 6.07 Å². The number of methoxy groups -OCH3 is 4. The largest absolute Gasteiger partial charge is 0.493 e. The smallest absolute Gasteiger partial charge is 0.414 e. The van der Waals surface area contributed by atoms with Gasteiger partial charge in [0, 0.05) is 12.0 Å². The maximum atomic E-state index is 13.7. The first-order chi connectivity index (χ1) is 17.3. The molecule has 1 aromatic rings. The third kappa shape index (κ3) is 1.97. The van der Waals surface area contributed by atoms with E-state index in [9.17, 15) is 20.0 Å². The molecule has 1 amide bonds. The van der Waals surface area contributed by atoms with Crippen molar-refractivity contribution in [3.63, 3.8) is 0 Å². The summed E-state index contributed by atoms with van der Waals surface area (Å²) >= 11 is 0. The second-order valence-corrected chi connectivity index (χ2v) is 10.7. The van der Waals surface area contributed by atoms with E-state index in [-0.39, 0.29) is 6.42 Å². The van der Waals surface area contributed by atoms with Gasteiger partial charge in [-0.05, 0) is 56.7 Å². The Balaban J connectivity index is 1.82. The van der Waals surface area contributed by atoms with E-state index < -0.39 is 39.6 Å². The molecule has 2 bridgehead atoms. The molecule has 36 heavy (non-hydrogen) atoms. The molecule has 3 aliphatic heterocycles. The number of hydrogen-bond donors (Lipinski definition) is 1. The number of aliphatic hydroxyl groups is 1. The third-order valence-corrected chi connectivity index (χ3v) is 10.3. The number of hydrogen-bond acceptors (Lipinski definition) is 9. The molecule has 0 aromatic heterocycles. The lowest BCUT2D eigenvalue weighted by molar-refractivity contribution is -0.244. The summed E-state index contributed by atoms with van der Waals surface area (Å²) in [4.78, 5) is 31.0. The fourth-order valence-corrected chi connectivity index (χ4v) is 9.46. The van der Waals surface area contributed by atoms with Crippen LogP contribution in [-0.4, -0.2) is 80.3 Å². The van der Waals surface area contributed by atoms with Crippen molar-refractivity contribution in [1.82, 2.24) is 4.90 Å². The average Bonchev–Trinajstić information content (AvgIpc) is 3.39. The normalized spacial score (nSPS) is 39.5. The second-order valence-electron chi connectivity index (χ2n) is 10.7. The van der Waals surface area contributed by atoms with Crippen molar-refractivity contribution < 1.29 is 33.6 Å². The van der Waals surface area contributed by atoms with Gasteiger partial charge in [0.15, 0.2) is 17.1 Å². The highest BCUT2D eigenvalue weighted by Gasteiger charge is 2.92. The molecule has 5 atom stereocenters. The third-order valence-electron chi connectivity index (χ3n) is 10.3. The topological polar surface area (TPSA) is 122 Å². The predicted molar refractivity (Wildman–Crippen MR) is 126 cm³/mol. The lowest BCUT2D eigenvalue weighted by Gasteiger charge is -2.74. The predicted octanol–water partition coefficient (Wildman–Crippen LogP) is 2.12. The molecule has 10 heteroatoms. The number of ether oxygens (including phenoxy) is 4. The zero-order chi connectivity index (χ0) is 25.7. The van der Waals surface area contributed by atoms with E-state index in [1.54, 1.807) is 6.07 Å². The molecular formula is C26H31N3O7. The summed E-state index contributed by atoms with van der Waals surface area (Å²) in [6, 6.07) is 6.38. The number of piperidine rings is 1. The highest BCUT2D eigenvalue weighted by molar-refractivity contribution is 6.02. The Morgan fingerprint density at radius 3 is 2.44 bits per heavy atom. The van der Waals surface area contributed by atoms with Crippen molar-refractivity contribution in [3.8, 4) is 17.6 Å². The lowest BCUT2D eigenvalue weighted by Crippen LogP contribution is -2.90. The Hall–Kier alpha value is -3.03. The Morgan fingerprint density at radius 1 is 1.03 bits per heavy atom. The van der Waals surface area contributed by atoms with Gasteiger partial charge in [0.2, 0.25) is 0 Å². The van der Waals surface area contributed by atoms with Gasteiger partial charge in [-0.3, -0.25) is 9.80 Å². The van der Waals surface area contributed by atoms with Crippen LogP contribution >= 0.6 is 0 Å². The molecule has 192 valence electrons. The van der Waals surface area contributed by atoms with Crippen molar-refractivity contribution >= 4 is 17.7 Å². The first kappa shape index (κ1) is 23.4. The molecule has 10 nitrogen and oxygen atoms in total. The minimum Gasteiger partial charge on any atom is -0.493 e. The fourth-order valence-electron chi connectivity index (χ4n) is 9.46. The molecule has 0 unspecified atom stereocenters. The van der Waals surface area contributed by atoms with Crippen LogP contribution in [0, 0.1) is 16.7 Å². The van der Waals surface area contributed by atoms with Gasteiger partial charge in [-0.2, -0.15) is 5.26 Å². The van der Waals surface area contributed by atoms with E-state index in [0.717, 1.165) is 13.0 Å². The number of carbonyl (C=O) groups is 2. The summed E-state index contributed by atoms with van der Waals surface area (Å²) in [5.41, 5.74) is -5.29. The van der Waals surface area contributed by atoms with E-state index in [2.05, 4.69) is 11.0 Å². The Bertz CT molecular complexity index is 1230. The maximum absolute atomic E-state index is 13.7. The van der Waals surface area contributed by atoms with Crippen molar-refractivity contribution in [2.24, 2.45) is 5.41 Å². The number of nitriles is 1. The van der Waals surface area contributed by atoms with Crippen molar-refractivity contribution in [1.29, 1.82) is 5.26 Å². The summed E-state index contributed by atoms with van der Waals surface area (Å²) in [6.45, 7) is 1.35. The summed E-state index contributed by atoms with van der Waals surface area (Å²) in [5.74, 6) is -0.109. The van der Waals surface area contributed by atoms with Gasteiger partial charge >= 0.3 is 12.1 Å². The number of carbonyl (C=O) groups excluding carboxylic acids is 2. The molecule has 0 radical (unpaired) electrons. The second kappa shape index (κ2) is 7.05. The number of amides is 1.